The van der Waals surface area contributed by atoms with Gasteiger partial charge in [-0.2, -0.15) is 14.6 Å². The molecule has 0 fully saturated rings. The van der Waals surface area contributed by atoms with Crippen LogP contribution in [0.4, 0.5) is 5.82 Å². The molecule has 3 aromatic rings. The molecule has 0 atom stereocenters. The van der Waals surface area contributed by atoms with Gasteiger partial charge in [0.05, 0.1) is 12.2 Å². The summed E-state index contributed by atoms with van der Waals surface area (Å²) in [6, 6.07) is 9.92. The molecule has 1 aliphatic carbocycles. The first-order valence-electron chi connectivity index (χ1n) is 9.06. The molecule has 1 aromatic carbocycles. The maximum absolute atomic E-state index is 12.6. The van der Waals surface area contributed by atoms with E-state index in [1.807, 2.05) is 30.3 Å². The maximum atomic E-state index is 12.6. The lowest BCUT2D eigenvalue weighted by molar-refractivity contribution is -0.114. The van der Waals surface area contributed by atoms with E-state index in [0.29, 0.717) is 23.6 Å². The Kier molecular flexibility index (Phi) is 5.09. The average molecular weight is 406 g/mol. The molecule has 146 valence electrons. The number of hydrogen-bond acceptors (Lipinski definition) is 7. The van der Waals surface area contributed by atoms with E-state index in [1.165, 1.54) is 21.9 Å². The lowest BCUT2D eigenvalue weighted by atomic mass is 10.0. The third kappa shape index (κ3) is 3.88. The molecule has 7 nitrogen and oxygen atoms in total. The number of allylic oxidation sites excluding steroid dienone is 4. The molecule has 0 radical (unpaired) electrons. The zero-order chi connectivity index (χ0) is 20.4. The van der Waals surface area contributed by atoms with E-state index in [9.17, 15) is 9.59 Å². The van der Waals surface area contributed by atoms with Gasteiger partial charge in [-0.1, -0.05) is 47.7 Å². The van der Waals surface area contributed by atoms with E-state index < -0.39 is 5.56 Å². The normalized spacial score (nSPS) is 15.1. The van der Waals surface area contributed by atoms with Gasteiger partial charge in [-0.15, -0.1) is 0 Å². The smallest absolute Gasteiger partial charge is 0.283 e. The van der Waals surface area contributed by atoms with E-state index in [-0.39, 0.29) is 22.9 Å². The highest BCUT2D eigenvalue weighted by molar-refractivity contribution is 7.16. The topological polar surface area (TPSA) is 99.6 Å². The summed E-state index contributed by atoms with van der Waals surface area (Å²) >= 11 is 1.33. The molecule has 4 rings (SSSR count). The number of nitrogen functional groups attached to an aromatic ring is 1. The number of anilines is 1. The predicted octanol–water partition coefficient (Wildman–Crippen LogP) is 2.77. The van der Waals surface area contributed by atoms with Gasteiger partial charge in [-0.05, 0) is 36.3 Å². The number of nitrogens with zero attached hydrogens (tertiary/aromatic N) is 3. The number of carbonyl (C=O) groups is 1. The first kappa shape index (κ1) is 18.8. The zero-order valence-electron chi connectivity index (χ0n) is 15.7. The lowest BCUT2D eigenvalue weighted by Gasteiger charge is -2.10. The number of nitrogens with two attached hydrogens (primary N) is 1. The van der Waals surface area contributed by atoms with Gasteiger partial charge in [0.2, 0.25) is 10.7 Å². The van der Waals surface area contributed by atoms with E-state index in [0.717, 1.165) is 10.6 Å². The van der Waals surface area contributed by atoms with Crippen molar-refractivity contribution in [2.24, 2.45) is 0 Å². The number of hydrogen-bond donors (Lipinski definition) is 1. The molecule has 0 spiro atoms. The molecule has 0 bridgehead atoms. The van der Waals surface area contributed by atoms with Crippen LogP contribution in [-0.2, 0) is 16.0 Å². The molecule has 29 heavy (non-hydrogen) atoms. The van der Waals surface area contributed by atoms with E-state index >= 15 is 0 Å². The summed E-state index contributed by atoms with van der Waals surface area (Å²) in [4.78, 5) is 29.0. The summed E-state index contributed by atoms with van der Waals surface area (Å²) in [7, 11) is 0. The third-order valence-corrected chi connectivity index (χ3v) is 5.22. The van der Waals surface area contributed by atoms with Crippen molar-refractivity contribution >= 4 is 34.0 Å². The Labute approximate surface area is 170 Å². The van der Waals surface area contributed by atoms with Gasteiger partial charge in [0.1, 0.15) is 10.8 Å². The monoisotopic (exact) mass is 406 g/mol. The van der Waals surface area contributed by atoms with Crippen molar-refractivity contribution < 1.29 is 9.53 Å². The molecule has 0 aliphatic heterocycles. The fourth-order valence-corrected chi connectivity index (χ4v) is 3.87. The summed E-state index contributed by atoms with van der Waals surface area (Å²) in [5.41, 5.74) is 7.76. The molecule has 1 aliphatic rings. The molecule has 2 heterocycles. The summed E-state index contributed by atoms with van der Waals surface area (Å²) in [6.45, 7) is 2.17. The highest BCUT2D eigenvalue weighted by Gasteiger charge is 2.16. The first-order valence-corrected chi connectivity index (χ1v) is 9.87. The van der Waals surface area contributed by atoms with Crippen molar-refractivity contribution in [1.29, 1.82) is 0 Å². The molecular formula is C21H18N4O3S. The van der Waals surface area contributed by atoms with Crippen LogP contribution >= 0.6 is 11.3 Å². The van der Waals surface area contributed by atoms with Crippen LogP contribution in [0.3, 0.4) is 0 Å². The van der Waals surface area contributed by atoms with Gasteiger partial charge in [0.15, 0.2) is 5.76 Å². The molecular weight excluding hydrogens is 388 g/mol. The number of fused-ring (bicyclic) bond motifs is 1. The van der Waals surface area contributed by atoms with Crippen molar-refractivity contribution in [3.8, 4) is 0 Å². The summed E-state index contributed by atoms with van der Waals surface area (Å²) in [5, 5.41) is 5.33. The minimum Gasteiger partial charge on any atom is -0.490 e. The van der Waals surface area contributed by atoms with E-state index in [2.05, 4.69) is 10.1 Å². The number of carbonyl (C=O) groups excluding carboxylic acids is 1. The Bertz CT molecular complexity index is 1240. The average Bonchev–Trinajstić information content (AvgIpc) is 3.11. The van der Waals surface area contributed by atoms with Gasteiger partial charge < -0.3 is 10.5 Å². The van der Waals surface area contributed by atoms with Crippen LogP contribution < -0.4 is 11.3 Å². The van der Waals surface area contributed by atoms with Crippen LogP contribution in [0.5, 0.6) is 0 Å². The second kappa shape index (κ2) is 7.84. The SMILES string of the molecule is CCOC1=C/C(=C\c2c(N)n3nc(Cc4ccccc4)sc3nc2=O)C=CC1=O. The number of ketones is 1. The minimum absolute atomic E-state index is 0.208. The van der Waals surface area contributed by atoms with Crippen molar-refractivity contribution in [2.75, 3.05) is 12.3 Å². The third-order valence-electron chi connectivity index (χ3n) is 4.31. The minimum atomic E-state index is -0.443. The van der Waals surface area contributed by atoms with Gasteiger partial charge in [0, 0.05) is 6.42 Å². The van der Waals surface area contributed by atoms with Gasteiger partial charge in [-0.25, -0.2) is 0 Å². The Balaban J connectivity index is 1.73. The van der Waals surface area contributed by atoms with Crippen LogP contribution in [0, 0.1) is 0 Å². The van der Waals surface area contributed by atoms with Gasteiger partial charge in [-0.3, -0.25) is 9.59 Å². The quantitative estimate of drug-likeness (QED) is 0.699. The highest BCUT2D eigenvalue weighted by Crippen LogP contribution is 2.22. The summed E-state index contributed by atoms with van der Waals surface area (Å²) in [5.74, 6) is 0.222. The van der Waals surface area contributed by atoms with Crippen LogP contribution in [-0.4, -0.2) is 27.0 Å². The van der Waals surface area contributed by atoms with E-state index in [1.54, 1.807) is 25.2 Å². The van der Waals surface area contributed by atoms with Crippen molar-refractivity contribution in [2.45, 2.75) is 13.3 Å². The summed E-state index contributed by atoms with van der Waals surface area (Å²) in [6.07, 6.45) is 6.82. The Morgan fingerprint density at radius 1 is 1.21 bits per heavy atom. The highest BCUT2D eigenvalue weighted by atomic mass is 32.1. The zero-order valence-corrected chi connectivity index (χ0v) is 16.5. The number of ether oxygens (including phenoxy) is 1. The Hall–Kier alpha value is -3.52. The summed E-state index contributed by atoms with van der Waals surface area (Å²) < 4.78 is 6.82. The fourth-order valence-electron chi connectivity index (χ4n) is 2.95. The molecule has 0 amide bonds. The van der Waals surface area contributed by atoms with Crippen LogP contribution in [0.2, 0.25) is 0 Å². The number of aromatic nitrogens is 3. The molecule has 0 saturated carbocycles. The maximum Gasteiger partial charge on any atom is 0.283 e. The van der Waals surface area contributed by atoms with Crippen molar-refractivity contribution in [3.05, 3.63) is 86.4 Å². The fraction of sp³-hybridized carbons (Fsp3) is 0.143. The van der Waals surface area contributed by atoms with E-state index in [4.69, 9.17) is 10.5 Å². The van der Waals surface area contributed by atoms with Crippen LogP contribution in [0.15, 0.2) is 64.7 Å². The predicted molar refractivity (Wildman–Crippen MR) is 113 cm³/mol. The largest absolute Gasteiger partial charge is 0.490 e. The Morgan fingerprint density at radius 3 is 2.76 bits per heavy atom. The molecule has 0 unspecified atom stereocenters. The second-order valence-corrected chi connectivity index (χ2v) is 7.39. The van der Waals surface area contributed by atoms with Crippen molar-refractivity contribution in [3.63, 3.8) is 0 Å². The van der Waals surface area contributed by atoms with Crippen LogP contribution in [0.25, 0.3) is 11.0 Å². The molecule has 2 aromatic heterocycles. The van der Waals surface area contributed by atoms with Gasteiger partial charge >= 0.3 is 0 Å². The Morgan fingerprint density at radius 2 is 2.00 bits per heavy atom. The second-order valence-electron chi connectivity index (χ2n) is 6.35. The molecule has 8 heteroatoms. The molecule has 2 N–H and O–H groups in total. The molecule has 0 saturated heterocycles. The first-order chi connectivity index (χ1) is 14.0. The lowest BCUT2D eigenvalue weighted by Crippen LogP contribution is -2.17. The van der Waals surface area contributed by atoms with Crippen LogP contribution in [0.1, 0.15) is 23.1 Å². The standard InChI is InChI=1S/C21H18N4O3S/c1-2-28-17-11-14(8-9-16(17)26)10-15-19(22)25-21(23-20(15)27)29-18(24-25)12-13-6-4-3-5-7-13/h3-11H,2,12,22H2,1H3/b14-10-. The number of benzene rings is 1. The van der Waals surface area contributed by atoms with Gasteiger partial charge in [0.25, 0.3) is 5.56 Å². The van der Waals surface area contributed by atoms with Crippen molar-refractivity contribution in [1.82, 2.24) is 14.6 Å². The number of rotatable bonds is 5.